The molecule has 0 aliphatic heterocycles. The number of ether oxygens (including phenoxy) is 3. The number of thiol groups is 2. The highest BCUT2D eigenvalue weighted by Crippen LogP contribution is 2.20. The maximum Gasteiger partial charge on any atom is 0.343 e. The molecule has 0 radical (unpaired) electrons. The molecule has 0 saturated heterocycles. The van der Waals surface area contributed by atoms with Crippen LogP contribution in [0.15, 0.2) is 48.5 Å². The Kier molecular flexibility index (Phi) is 13.1. The molecule has 0 fully saturated rings. The van der Waals surface area contributed by atoms with Gasteiger partial charge in [0.2, 0.25) is 0 Å². The fraction of sp³-hybridized carbons (Fsp3) is 0.480. The minimum absolute atomic E-state index is 0.392. The molecular weight excluding hydrogens is 428 g/mol. The molecule has 0 bridgehead atoms. The van der Waals surface area contributed by atoms with Crippen LogP contribution < -0.4 is 14.2 Å². The van der Waals surface area contributed by atoms with Crippen LogP contribution in [0.25, 0.3) is 0 Å². The molecular formula is C25H34O4S2. The number of hydrogen-bond acceptors (Lipinski definition) is 6. The predicted octanol–water partition coefficient (Wildman–Crippen LogP) is 6.64. The van der Waals surface area contributed by atoms with E-state index in [2.05, 4.69) is 25.3 Å². The van der Waals surface area contributed by atoms with Crippen molar-refractivity contribution in [2.75, 3.05) is 24.7 Å². The van der Waals surface area contributed by atoms with E-state index in [0.717, 1.165) is 61.5 Å². The van der Waals surface area contributed by atoms with Crippen LogP contribution in [0, 0.1) is 0 Å². The number of carbonyl (C=O) groups excluding carboxylic acids is 1. The highest BCUT2D eigenvalue weighted by Gasteiger charge is 2.09. The zero-order chi connectivity index (χ0) is 22.2. The Morgan fingerprint density at radius 3 is 1.48 bits per heavy atom. The van der Waals surface area contributed by atoms with Crippen LogP contribution >= 0.6 is 25.3 Å². The average Bonchev–Trinajstić information content (AvgIpc) is 2.80. The largest absolute Gasteiger partial charge is 0.494 e. The number of carbonyl (C=O) groups is 1. The van der Waals surface area contributed by atoms with E-state index >= 15 is 0 Å². The van der Waals surface area contributed by atoms with Crippen LogP contribution in [0.5, 0.6) is 17.2 Å². The standard InChI is InChI=1S/C25H34O4S2/c26-25(21-9-11-22(12-10-21)27-17-5-1-3-7-19-30)29-24-15-13-23(14-16-24)28-18-6-2-4-8-20-31/h9-16,30-31H,1-8,17-20H2. The molecule has 0 heterocycles. The van der Waals surface area contributed by atoms with Gasteiger partial charge in [0.25, 0.3) is 0 Å². The lowest BCUT2D eigenvalue weighted by atomic mass is 10.2. The molecule has 0 unspecified atom stereocenters. The van der Waals surface area contributed by atoms with Crippen LogP contribution in [0.2, 0.25) is 0 Å². The van der Waals surface area contributed by atoms with Crippen molar-refractivity contribution in [2.45, 2.75) is 51.4 Å². The fourth-order valence-corrected chi connectivity index (χ4v) is 3.42. The first-order valence-electron chi connectivity index (χ1n) is 11.1. The molecule has 0 aliphatic carbocycles. The number of rotatable bonds is 16. The van der Waals surface area contributed by atoms with Crippen LogP contribution in [-0.2, 0) is 0 Å². The van der Waals surface area contributed by atoms with E-state index in [9.17, 15) is 4.79 Å². The van der Waals surface area contributed by atoms with E-state index in [1.807, 2.05) is 12.1 Å². The summed E-state index contributed by atoms with van der Waals surface area (Å²) in [4.78, 5) is 12.4. The zero-order valence-electron chi connectivity index (χ0n) is 18.1. The zero-order valence-corrected chi connectivity index (χ0v) is 19.9. The summed E-state index contributed by atoms with van der Waals surface area (Å²) in [5.74, 6) is 3.52. The first kappa shape index (κ1) is 25.5. The van der Waals surface area contributed by atoms with Gasteiger partial charge in [-0.1, -0.05) is 25.7 Å². The minimum Gasteiger partial charge on any atom is -0.494 e. The number of hydrogen-bond donors (Lipinski definition) is 2. The number of esters is 1. The van der Waals surface area contributed by atoms with Crippen molar-refractivity contribution in [3.8, 4) is 17.2 Å². The quantitative estimate of drug-likeness (QED) is 0.127. The van der Waals surface area contributed by atoms with Crippen molar-refractivity contribution in [1.29, 1.82) is 0 Å². The minimum atomic E-state index is -0.392. The van der Waals surface area contributed by atoms with E-state index in [-0.39, 0.29) is 0 Å². The Hall–Kier alpha value is -1.79. The summed E-state index contributed by atoms with van der Waals surface area (Å²) >= 11 is 8.43. The third kappa shape index (κ3) is 10.9. The summed E-state index contributed by atoms with van der Waals surface area (Å²) in [6, 6.07) is 14.2. The summed E-state index contributed by atoms with van der Waals surface area (Å²) in [5.41, 5.74) is 0.489. The molecule has 0 atom stereocenters. The van der Waals surface area contributed by atoms with Gasteiger partial charge in [-0.2, -0.15) is 25.3 Å². The lowest BCUT2D eigenvalue weighted by Crippen LogP contribution is -2.08. The van der Waals surface area contributed by atoms with E-state index < -0.39 is 5.97 Å². The highest BCUT2D eigenvalue weighted by atomic mass is 32.1. The molecule has 0 aliphatic rings. The number of benzene rings is 2. The Bertz CT molecular complexity index is 732. The van der Waals surface area contributed by atoms with E-state index in [0.29, 0.717) is 24.5 Å². The topological polar surface area (TPSA) is 44.8 Å². The SMILES string of the molecule is O=C(Oc1ccc(OCCCCCCS)cc1)c1ccc(OCCCCCCS)cc1. The summed E-state index contributed by atoms with van der Waals surface area (Å²) < 4.78 is 16.9. The van der Waals surface area contributed by atoms with Gasteiger partial charge in [-0.15, -0.1) is 0 Å². The highest BCUT2D eigenvalue weighted by molar-refractivity contribution is 7.80. The van der Waals surface area contributed by atoms with Gasteiger partial charge < -0.3 is 14.2 Å². The van der Waals surface area contributed by atoms with Crippen LogP contribution in [0.4, 0.5) is 0 Å². The van der Waals surface area contributed by atoms with Crippen molar-refractivity contribution in [3.63, 3.8) is 0 Å². The monoisotopic (exact) mass is 462 g/mol. The van der Waals surface area contributed by atoms with Crippen molar-refractivity contribution >= 4 is 31.2 Å². The van der Waals surface area contributed by atoms with Crippen molar-refractivity contribution in [1.82, 2.24) is 0 Å². The summed E-state index contributed by atoms with van der Waals surface area (Å²) in [5, 5.41) is 0. The number of unbranched alkanes of at least 4 members (excludes halogenated alkanes) is 6. The molecule has 0 amide bonds. The lowest BCUT2D eigenvalue weighted by Gasteiger charge is -2.09. The Labute approximate surface area is 197 Å². The fourth-order valence-electron chi connectivity index (χ4n) is 2.97. The van der Waals surface area contributed by atoms with Gasteiger partial charge in [0.1, 0.15) is 17.2 Å². The maximum absolute atomic E-state index is 12.4. The van der Waals surface area contributed by atoms with Gasteiger partial charge in [-0.3, -0.25) is 0 Å². The third-order valence-electron chi connectivity index (χ3n) is 4.77. The molecule has 4 nitrogen and oxygen atoms in total. The van der Waals surface area contributed by atoms with Crippen LogP contribution in [0.1, 0.15) is 61.7 Å². The molecule has 6 heteroatoms. The Morgan fingerprint density at radius 1 is 0.581 bits per heavy atom. The second kappa shape index (κ2) is 15.9. The van der Waals surface area contributed by atoms with Crippen LogP contribution in [0.3, 0.4) is 0 Å². The molecule has 2 aromatic rings. The normalized spacial score (nSPS) is 10.6. The summed E-state index contributed by atoms with van der Waals surface area (Å²) in [6.07, 6.45) is 9.00. The smallest absolute Gasteiger partial charge is 0.343 e. The Morgan fingerprint density at radius 2 is 1.00 bits per heavy atom. The van der Waals surface area contributed by atoms with Gasteiger partial charge >= 0.3 is 5.97 Å². The second-order valence-corrected chi connectivity index (χ2v) is 8.25. The van der Waals surface area contributed by atoms with E-state index in [4.69, 9.17) is 14.2 Å². The molecule has 0 N–H and O–H groups in total. The predicted molar refractivity (Wildman–Crippen MR) is 133 cm³/mol. The van der Waals surface area contributed by atoms with E-state index in [1.165, 1.54) is 12.8 Å². The van der Waals surface area contributed by atoms with E-state index in [1.54, 1.807) is 36.4 Å². The molecule has 0 aromatic heterocycles. The second-order valence-electron chi connectivity index (χ2n) is 7.36. The maximum atomic E-state index is 12.4. The van der Waals surface area contributed by atoms with Gasteiger partial charge in [-0.05, 0) is 85.7 Å². The van der Waals surface area contributed by atoms with Crippen molar-refractivity contribution < 1.29 is 19.0 Å². The lowest BCUT2D eigenvalue weighted by molar-refractivity contribution is 0.0734. The van der Waals surface area contributed by atoms with Gasteiger partial charge in [0, 0.05) is 0 Å². The van der Waals surface area contributed by atoms with Gasteiger partial charge in [0.05, 0.1) is 18.8 Å². The third-order valence-corrected chi connectivity index (χ3v) is 5.40. The van der Waals surface area contributed by atoms with Gasteiger partial charge in [0.15, 0.2) is 0 Å². The van der Waals surface area contributed by atoms with Crippen molar-refractivity contribution in [2.24, 2.45) is 0 Å². The van der Waals surface area contributed by atoms with Crippen molar-refractivity contribution in [3.05, 3.63) is 54.1 Å². The first-order valence-corrected chi connectivity index (χ1v) is 12.4. The summed E-state index contributed by atoms with van der Waals surface area (Å²) in [7, 11) is 0. The molecule has 2 rings (SSSR count). The molecule has 31 heavy (non-hydrogen) atoms. The van der Waals surface area contributed by atoms with Crippen LogP contribution in [-0.4, -0.2) is 30.7 Å². The first-order chi connectivity index (χ1) is 15.2. The summed E-state index contributed by atoms with van der Waals surface area (Å²) in [6.45, 7) is 1.37. The molecule has 170 valence electrons. The molecule has 0 spiro atoms. The average molecular weight is 463 g/mol. The molecule has 2 aromatic carbocycles. The molecule has 0 saturated carbocycles. The Balaban J connectivity index is 1.69. The van der Waals surface area contributed by atoms with Gasteiger partial charge in [-0.25, -0.2) is 4.79 Å².